The van der Waals surface area contributed by atoms with E-state index in [0.29, 0.717) is 0 Å². The molecule has 0 bridgehead atoms. The molecule has 102 valence electrons. The number of carboxylic acids is 1. The molecule has 0 saturated carbocycles. The van der Waals surface area contributed by atoms with Crippen molar-refractivity contribution in [2.75, 3.05) is 0 Å². The van der Waals surface area contributed by atoms with Crippen molar-refractivity contribution in [3.05, 3.63) is 35.5 Å². The van der Waals surface area contributed by atoms with E-state index in [1.807, 2.05) is 12.1 Å². The zero-order chi connectivity index (χ0) is 14.4. The fourth-order valence-corrected chi connectivity index (χ4v) is 2.55. The van der Waals surface area contributed by atoms with Crippen molar-refractivity contribution >= 4 is 16.9 Å². The summed E-state index contributed by atoms with van der Waals surface area (Å²) in [6.45, 7) is 9.76. The Labute approximate surface area is 113 Å². The molecule has 0 fully saturated rings. The predicted octanol–water partition coefficient (Wildman–Crippen LogP) is 3.89. The van der Waals surface area contributed by atoms with E-state index in [-0.39, 0.29) is 6.04 Å². The first kappa shape index (κ1) is 13.7. The summed E-state index contributed by atoms with van der Waals surface area (Å²) in [6, 6.07) is 8.40. The zero-order valence-corrected chi connectivity index (χ0v) is 12.2. The van der Waals surface area contributed by atoms with Crippen LogP contribution >= 0.6 is 0 Å². The highest BCUT2D eigenvalue weighted by molar-refractivity contribution is 5.88. The van der Waals surface area contributed by atoms with Gasteiger partial charge in [0.05, 0.1) is 0 Å². The molecule has 0 aliphatic heterocycles. The van der Waals surface area contributed by atoms with Crippen molar-refractivity contribution in [1.29, 1.82) is 0 Å². The zero-order valence-electron chi connectivity index (χ0n) is 12.2. The molecule has 19 heavy (non-hydrogen) atoms. The number of carboxylic acid groups (broad SMARTS) is 1. The Morgan fingerprint density at radius 3 is 2.47 bits per heavy atom. The number of aromatic nitrogens is 1. The number of nitrogens with zero attached hydrogens (tertiary/aromatic N) is 1. The van der Waals surface area contributed by atoms with Crippen molar-refractivity contribution < 1.29 is 9.90 Å². The Bertz CT molecular complexity index is 635. The number of hydrogen-bond donors (Lipinski definition) is 1. The highest BCUT2D eigenvalue weighted by atomic mass is 16.4. The first-order valence-corrected chi connectivity index (χ1v) is 6.61. The predicted molar refractivity (Wildman–Crippen MR) is 77.7 cm³/mol. The lowest BCUT2D eigenvalue weighted by Crippen LogP contribution is -2.31. The fourth-order valence-electron chi connectivity index (χ4n) is 2.55. The van der Waals surface area contributed by atoms with E-state index in [0.717, 1.165) is 16.6 Å². The van der Waals surface area contributed by atoms with E-state index in [1.165, 1.54) is 5.56 Å². The Kier molecular flexibility index (Phi) is 3.17. The minimum absolute atomic E-state index is 0.230. The maximum atomic E-state index is 11.5. The molecule has 3 nitrogen and oxygen atoms in total. The van der Waals surface area contributed by atoms with Gasteiger partial charge in [0.1, 0.15) is 5.41 Å². The summed E-state index contributed by atoms with van der Waals surface area (Å²) in [5.74, 6) is -0.796. The molecule has 0 spiro atoms. The fraction of sp³-hybridized carbons (Fsp3) is 0.438. The van der Waals surface area contributed by atoms with E-state index in [9.17, 15) is 9.90 Å². The van der Waals surface area contributed by atoms with E-state index in [1.54, 1.807) is 13.8 Å². The molecule has 0 amide bonds. The number of fused-ring (bicyclic) bond motifs is 1. The molecule has 0 saturated heterocycles. The number of aryl methyl sites for hydroxylation is 1. The van der Waals surface area contributed by atoms with E-state index in [2.05, 4.69) is 37.5 Å². The van der Waals surface area contributed by atoms with Crippen LogP contribution in [-0.4, -0.2) is 15.6 Å². The molecule has 3 heteroatoms. The monoisotopic (exact) mass is 259 g/mol. The van der Waals surface area contributed by atoms with Gasteiger partial charge < -0.3 is 9.67 Å². The van der Waals surface area contributed by atoms with Gasteiger partial charge in [0.25, 0.3) is 0 Å². The average Bonchev–Trinajstić information content (AvgIpc) is 2.70. The van der Waals surface area contributed by atoms with Crippen LogP contribution in [0.2, 0.25) is 0 Å². The Hall–Kier alpha value is -1.77. The lowest BCUT2D eigenvalue weighted by molar-refractivity contribution is -0.142. The van der Waals surface area contributed by atoms with E-state index < -0.39 is 11.4 Å². The molecule has 0 radical (unpaired) electrons. The lowest BCUT2D eigenvalue weighted by atomic mass is 9.89. The maximum Gasteiger partial charge on any atom is 0.315 e. The summed E-state index contributed by atoms with van der Waals surface area (Å²) in [7, 11) is 0. The van der Waals surface area contributed by atoms with Crippen LogP contribution in [0.4, 0.5) is 0 Å². The summed E-state index contributed by atoms with van der Waals surface area (Å²) in [4.78, 5) is 11.5. The number of rotatable bonds is 3. The smallest absolute Gasteiger partial charge is 0.315 e. The Balaban J connectivity index is 2.85. The van der Waals surface area contributed by atoms with Crippen molar-refractivity contribution in [3.8, 4) is 0 Å². The third kappa shape index (κ3) is 2.03. The van der Waals surface area contributed by atoms with Crippen molar-refractivity contribution in [2.24, 2.45) is 0 Å². The van der Waals surface area contributed by atoms with Crippen LogP contribution in [-0.2, 0) is 10.2 Å². The van der Waals surface area contributed by atoms with Crippen molar-refractivity contribution in [1.82, 2.24) is 4.57 Å². The SMILES string of the molecule is Cc1cccc2c1cc(C(C)(C)C(=O)O)n2C(C)C. The van der Waals surface area contributed by atoms with Gasteiger partial charge in [0, 0.05) is 22.6 Å². The van der Waals surface area contributed by atoms with Crippen LogP contribution in [0.1, 0.15) is 45.0 Å². The van der Waals surface area contributed by atoms with Gasteiger partial charge in [-0.1, -0.05) is 12.1 Å². The molecule has 0 atom stereocenters. The van der Waals surface area contributed by atoms with Crippen molar-refractivity contribution in [3.63, 3.8) is 0 Å². The largest absolute Gasteiger partial charge is 0.481 e. The summed E-state index contributed by atoms with van der Waals surface area (Å²) in [5, 5.41) is 10.6. The summed E-state index contributed by atoms with van der Waals surface area (Å²) < 4.78 is 2.14. The van der Waals surface area contributed by atoms with Gasteiger partial charge >= 0.3 is 5.97 Å². The van der Waals surface area contributed by atoms with E-state index in [4.69, 9.17) is 0 Å². The molecule has 0 aliphatic carbocycles. The lowest BCUT2D eigenvalue weighted by Gasteiger charge is -2.24. The first-order valence-electron chi connectivity index (χ1n) is 6.61. The molecule has 2 aromatic rings. The van der Waals surface area contributed by atoms with Crippen molar-refractivity contribution in [2.45, 2.75) is 46.1 Å². The maximum absolute atomic E-state index is 11.5. The van der Waals surface area contributed by atoms with Crippen LogP contribution < -0.4 is 0 Å². The quantitative estimate of drug-likeness (QED) is 0.908. The molecule has 0 aliphatic rings. The molecule has 1 aromatic heterocycles. The van der Waals surface area contributed by atoms with Crippen LogP contribution in [0.3, 0.4) is 0 Å². The molecule has 0 unspecified atom stereocenters. The molecule has 1 heterocycles. The first-order chi connectivity index (χ1) is 8.76. The van der Waals surface area contributed by atoms with Crippen LogP contribution in [0.15, 0.2) is 24.3 Å². The van der Waals surface area contributed by atoms with Crippen LogP contribution in [0, 0.1) is 6.92 Å². The minimum atomic E-state index is -0.893. The molecule has 2 rings (SSSR count). The van der Waals surface area contributed by atoms with Gasteiger partial charge in [0.15, 0.2) is 0 Å². The van der Waals surface area contributed by atoms with Gasteiger partial charge in [0.2, 0.25) is 0 Å². The summed E-state index contributed by atoms with van der Waals surface area (Å²) in [6.07, 6.45) is 0. The summed E-state index contributed by atoms with van der Waals surface area (Å²) in [5.41, 5.74) is 2.26. The van der Waals surface area contributed by atoms with Gasteiger partial charge in [-0.3, -0.25) is 4.79 Å². The standard InChI is InChI=1S/C16H21NO2/c1-10(2)17-13-8-6-7-11(3)12(13)9-14(17)16(4,5)15(18)19/h6-10H,1-5H3,(H,18,19). The number of aliphatic carboxylic acids is 1. The second-order valence-corrected chi connectivity index (χ2v) is 5.93. The van der Waals surface area contributed by atoms with Gasteiger partial charge in [-0.05, 0) is 52.3 Å². The number of benzene rings is 1. The topological polar surface area (TPSA) is 42.2 Å². The minimum Gasteiger partial charge on any atom is -0.481 e. The number of carbonyl (C=O) groups is 1. The summed E-state index contributed by atoms with van der Waals surface area (Å²) >= 11 is 0. The highest BCUT2D eigenvalue weighted by Crippen LogP contribution is 2.34. The Morgan fingerprint density at radius 2 is 1.95 bits per heavy atom. The second-order valence-electron chi connectivity index (χ2n) is 5.93. The third-order valence-corrected chi connectivity index (χ3v) is 3.79. The Morgan fingerprint density at radius 1 is 1.32 bits per heavy atom. The van der Waals surface area contributed by atoms with Crippen LogP contribution in [0.25, 0.3) is 10.9 Å². The molecule has 1 aromatic carbocycles. The molecule has 1 N–H and O–H groups in total. The third-order valence-electron chi connectivity index (χ3n) is 3.79. The normalized spacial score (nSPS) is 12.3. The van der Waals surface area contributed by atoms with Gasteiger partial charge in [-0.15, -0.1) is 0 Å². The molecular formula is C16H21NO2. The van der Waals surface area contributed by atoms with Gasteiger partial charge in [-0.25, -0.2) is 0 Å². The highest BCUT2D eigenvalue weighted by Gasteiger charge is 2.34. The van der Waals surface area contributed by atoms with E-state index >= 15 is 0 Å². The second kappa shape index (κ2) is 4.41. The van der Waals surface area contributed by atoms with Crippen LogP contribution in [0.5, 0.6) is 0 Å². The number of hydrogen-bond acceptors (Lipinski definition) is 1. The average molecular weight is 259 g/mol. The molecular weight excluding hydrogens is 238 g/mol. The van der Waals surface area contributed by atoms with Gasteiger partial charge in [-0.2, -0.15) is 0 Å².